The zero-order valence-electron chi connectivity index (χ0n) is 17.0. The molecule has 0 aliphatic carbocycles. The first-order chi connectivity index (χ1) is 14.6. The summed E-state index contributed by atoms with van der Waals surface area (Å²) in [5.74, 6) is 1.29. The fourth-order valence-corrected chi connectivity index (χ4v) is 3.23. The minimum atomic E-state index is -0.606. The highest BCUT2D eigenvalue weighted by Gasteiger charge is 2.19. The zero-order chi connectivity index (χ0) is 20.9. The molecule has 30 heavy (non-hydrogen) atoms. The molecule has 4 rings (SSSR count). The summed E-state index contributed by atoms with van der Waals surface area (Å²) >= 11 is 0. The van der Waals surface area contributed by atoms with Gasteiger partial charge in [-0.3, -0.25) is 4.79 Å². The van der Waals surface area contributed by atoms with Gasteiger partial charge in [0.25, 0.3) is 5.91 Å². The number of hydrogen-bond donors (Lipinski definition) is 1. The number of carbonyl (C=O) groups is 1. The van der Waals surface area contributed by atoms with Gasteiger partial charge in [0.2, 0.25) is 11.7 Å². The van der Waals surface area contributed by atoms with Crippen molar-refractivity contribution >= 4 is 16.7 Å². The first-order valence-corrected chi connectivity index (χ1v) is 9.95. The van der Waals surface area contributed by atoms with Gasteiger partial charge in [0.15, 0.2) is 6.10 Å². The molecule has 0 radical (unpaired) electrons. The van der Waals surface area contributed by atoms with Gasteiger partial charge in [0.1, 0.15) is 5.75 Å². The topological polar surface area (TPSA) is 77.2 Å². The second-order valence-electron chi connectivity index (χ2n) is 7.12. The SMILES string of the molecule is CC[C@H](Oc1ccc2ccccc2c1)C(=O)NCc1nc(-c2cccc(C)c2)no1. The van der Waals surface area contributed by atoms with E-state index in [1.165, 1.54) is 0 Å². The van der Waals surface area contributed by atoms with Gasteiger partial charge >= 0.3 is 0 Å². The van der Waals surface area contributed by atoms with Crippen molar-refractivity contribution in [2.75, 3.05) is 0 Å². The van der Waals surface area contributed by atoms with Gasteiger partial charge in [-0.15, -0.1) is 0 Å². The Balaban J connectivity index is 1.38. The summed E-state index contributed by atoms with van der Waals surface area (Å²) in [5.41, 5.74) is 1.99. The Hall–Kier alpha value is -3.67. The zero-order valence-corrected chi connectivity index (χ0v) is 17.0. The van der Waals surface area contributed by atoms with E-state index < -0.39 is 6.10 Å². The molecule has 0 saturated heterocycles. The van der Waals surface area contributed by atoms with Crippen LogP contribution in [0.5, 0.6) is 5.75 Å². The molecular weight excluding hydrogens is 378 g/mol. The Bertz CT molecular complexity index is 1170. The number of rotatable bonds is 7. The fraction of sp³-hybridized carbons (Fsp3) is 0.208. The van der Waals surface area contributed by atoms with Gasteiger partial charge in [-0.25, -0.2) is 0 Å². The largest absolute Gasteiger partial charge is 0.481 e. The molecule has 0 bridgehead atoms. The van der Waals surface area contributed by atoms with Crippen LogP contribution in [0.2, 0.25) is 0 Å². The summed E-state index contributed by atoms with van der Waals surface area (Å²) in [4.78, 5) is 17.0. The average Bonchev–Trinajstić information content (AvgIpc) is 3.25. The fourth-order valence-electron chi connectivity index (χ4n) is 3.23. The van der Waals surface area contributed by atoms with E-state index >= 15 is 0 Å². The number of aryl methyl sites for hydroxylation is 1. The van der Waals surface area contributed by atoms with E-state index in [2.05, 4.69) is 15.5 Å². The summed E-state index contributed by atoms with van der Waals surface area (Å²) < 4.78 is 11.2. The van der Waals surface area contributed by atoms with Gasteiger partial charge in [-0.2, -0.15) is 4.98 Å². The van der Waals surface area contributed by atoms with Gasteiger partial charge in [0.05, 0.1) is 6.54 Å². The molecule has 4 aromatic rings. The third-order valence-corrected chi connectivity index (χ3v) is 4.82. The van der Waals surface area contributed by atoms with Gasteiger partial charge in [-0.05, 0) is 42.3 Å². The van der Waals surface area contributed by atoms with Gasteiger partial charge in [-0.1, -0.05) is 66.2 Å². The average molecular weight is 401 g/mol. The van der Waals surface area contributed by atoms with Crippen LogP contribution in [-0.2, 0) is 11.3 Å². The lowest BCUT2D eigenvalue weighted by Gasteiger charge is -2.17. The van der Waals surface area contributed by atoms with Crippen molar-refractivity contribution < 1.29 is 14.1 Å². The highest BCUT2D eigenvalue weighted by molar-refractivity contribution is 5.84. The molecule has 1 N–H and O–H groups in total. The first kappa shape index (κ1) is 19.6. The van der Waals surface area contributed by atoms with Crippen LogP contribution in [0.3, 0.4) is 0 Å². The molecule has 0 unspecified atom stereocenters. The maximum absolute atomic E-state index is 12.6. The molecule has 0 aliphatic heterocycles. The van der Waals surface area contributed by atoms with Crippen molar-refractivity contribution in [3.63, 3.8) is 0 Å². The molecule has 1 aromatic heterocycles. The molecule has 6 nitrogen and oxygen atoms in total. The van der Waals surface area contributed by atoms with E-state index in [1.807, 2.05) is 80.6 Å². The van der Waals surface area contributed by atoms with Crippen LogP contribution in [-0.4, -0.2) is 22.2 Å². The van der Waals surface area contributed by atoms with Crippen molar-refractivity contribution in [1.29, 1.82) is 0 Å². The van der Waals surface area contributed by atoms with Crippen molar-refractivity contribution in [2.24, 2.45) is 0 Å². The highest BCUT2D eigenvalue weighted by Crippen LogP contribution is 2.22. The Morgan fingerprint density at radius 2 is 1.90 bits per heavy atom. The number of carbonyl (C=O) groups excluding carboxylic acids is 1. The third kappa shape index (κ3) is 4.49. The third-order valence-electron chi connectivity index (χ3n) is 4.82. The number of nitrogens with one attached hydrogen (secondary N) is 1. The first-order valence-electron chi connectivity index (χ1n) is 9.95. The quantitative estimate of drug-likeness (QED) is 0.487. The molecule has 0 saturated carbocycles. The number of hydrogen-bond acceptors (Lipinski definition) is 5. The Kier molecular flexibility index (Phi) is 5.75. The predicted octanol–water partition coefficient (Wildman–Crippen LogP) is 4.67. The van der Waals surface area contributed by atoms with Crippen molar-refractivity contribution in [2.45, 2.75) is 32.9 Å². The Labute approximate surface area is 174 Å². The standard InChI is InChI=1S/C24H23N3O3/c1-3-21(29-20-12-11-17-8-4-5-9-18(17)14-20)24(28)25-15-22-26-23(27-30-22)19-10-6-7-16(2)13-19/h4-14,21H,3,15H2,1-2H3,(H,25,28)/t21-/m0/s1. The van der Waals surface area contributed by atoms with E-state index in [0.29, 0.717) is 23.9 Å². The number of aromatic nitrogens is 2. The van der Waals surface area contributed by atoms with E-state index in [9.17, 15) is 4.79 Å². The number of fused-ring (bicyclic) bond motifs is 1. The highest BCUT2D eigenvalue weighted by atomic mass is 16.5. The maximum Gasteiger partial charge on any atom is 0.261 e. The van der Waals surface area contributed by atoms with Crippen LogP contribution < -0.4 is 10.1 Å². The number of benzene rings is 3. The molecule has 0 aliphatic rings. The molecule has 152 valence electrons. The minimum Gasteiger partial charge on any atom is -0.481 e. The van der Waals surface area contributed by atoms with Crippen molar-refractivity contribution in [3.05, 3.63) is 78.2 Å². The molecule has 6 heteroatoms. The normalized spacial score (nSPS) is 11.9. The molecule has 0 spiro atoms. The summed E-state index contributed by atoms with van der Waals surface area (Å²) in [6, 6.07) is 21.7. The van der Waals surface area contributed by atoms with Gasteiger partial charge in [0, 0.05) is 5.56 Å². The summed E-state index contributed by atoms with van der Waals surface area (Å²) in [6.45, 7) is 4.06. The minimum absolute atomic E-state index is 0.148. The lowest BCUT2D eigenvalue weighted by atomic mass is 10.1. The molecule has 0 fully saturated rings. The van der Waals surface area contributed by atoms with Crippen LogP contribution in [0.25, 0.3) is 22.2 Å². The van der Waals surface area contributed by atoms with Crippen LogP contribution in [0.4, 0.5) is 0 Å². The van der Waals surface area contributed by atoms with Crippen molar-refractivity contribution in [3.8, 4) is 17.1 Å². The second-order valence-corrected chi connectivity index (χ2v) is 7.12. The lowest BCUT2D eigenvalue weighted by Crippen LogP contribution is -2.37. The lowest BCUT2D eigenvalue weighted by molar-refractivity contribution is -0.128. The number of amides is 1. The van der Waals surface area contributed by atoms with E-state index in [0.717, 1.165) is 21.9 Å². The van der Waals surface area contributed by atoms with E-state index in [1.54, 1.807) is 0 Å². The molecular formula is C24H23N3O3. The molecule has 1 amide bonds. The Morgan fingerprint density at radius 1 is 1.07 bits per heavy atom. The van der Waals surface area contributed by atoms with E-state index in [4.69, 9.17) is 9.26 Å². The summed E-state index contributed by atoms with van der Waals surface area (Å²) in [6.07, 6.45) is -0.0675. The monoisotopic (exact) mass is 401 g/mol. The number of ether oxygens (including phenoxy) is 1. The van der Waals surface area contributed by atoms with Gasteiger partial charge < -0.3 is 14.6 Å². The van der Waals surface area contributed by atoms with Crippen LogP contribution >= 0.6 is 0 Å². The maximum atomic E-state index is 12.6. The molecule has 3 aromatic carbocycles. The number of nitrogens with zero attached hydrogens (tertiary/aromatic N) is 2. The molecule has 1 heterocycles. The van der Waals surface area contributed by atoms with Crippen LogP contribution in [0.15, 0.2) is 71.3 Å². The van der Waals surface area contributed by atoms with Crippen LogP contribution in [0.1, 0.15) is 24.8 Å². The predicted molar refractivity (Wildman–Crippen MR) is 115 cm³/mol. The van der Waals surface area contributed by atoms with Crippen molar-refractivity contribution in [1.82, 2.24) is 15.5 Å². The summed E-state index contributed by atoms with van der Waals surface area (Å²) in [7, 11) is 0. The second kappa shape index (κ2) is 8.78. The molecule has 1 atom stereocenters. The smallest absolute Gasteiger partial charge is 0.261 e. The van der Waals surface area contributed by atoms with Crippen LogP contribution in [0, 0.1) is 6.92 Å². The summed E-state index contributed by atoms with van der Waals surface area (Å²) in [5, 5.41) is 9.02. The van der Waals surface area contributed by atoms with E-state index in [-0.39, 0.29) is 12.5 Å². The Morgan fingerprint density at radius 3 is 2.70 bits per heavy atom.